The van der Waals surface area contributed by atoms with E-state index in [2.05, 4.69) is 31.0 Å². The van der Waals surface area contributed by atoms with Crippen LogP contribution in [0.1, 0.15) is 19.3 Å². The molecule has 1 aromatic carbocycles. The third-order valence-corrected chi connectivity index (χ3v) is 3.92. The van der Waals surface area contributed by atoms with Gasteiger partial charge < -0.3 is 14.5 Å². The van der Waals surface area contributed by atoms with Gasteiger partial charge in [-0.3, -0.25) is 0 Å². The molecule has 100 valence electrons. The zero-order valence-electron chi connectivity index (χ0n) is 10.3. The lowest BCUT2D eigenvalue weighted by Crippen LogP contribution is -2.30. The van der Waals surface area contributed by atoms with Crippen LogP contribution >= 0.6 is 15.9 Å². The Balaban J connectivity index is 1.85. The highest BCUT2D eigenvalue weighted by atomic mass is 79.9. The van der Waals surface area contributed by atoms with E-state index < -0.39 is 0 Å². The summed E-state index contributed by atoms with van der Waals surface area (Å²) in [6.07, 6.45) is 3.60. The number of hydrogen-bond donors (Lipinski definition) is 1. The van der Waals surface area contributed by atoms with E-state index in [1.807, 2.05) is 6.07 Å². The van der Waals surface area contributed by atoms with Crippen LogP contribution in [-0.2, 0) is 0 Å². The third kappa shape index (κ3) is 2.58. The fourth-order valence-electron chi connectivity index (χ4n) is 2.20. The second-order valence-electron chi connectivity index (χ2n) is 4.61. The minimum Gasteiger partial charge on any atom is -0.507 e. The number of nitrogens with zero attached hydrogens (tertiary/aromatic N) is 3. The first-order chi connectivity index (χ1) is 9.24. The fraction of sp³-hybridized carbons (Fsp3) is 0.385. The van der Waals surface area contributed by atoms with Crippen LogP contribution < -0.4 is 4.90 Å². The minimum absolute atomic E-state index is 0.162. The molecule has 2 aromatic rings. The van der Waals surface area contributed by atoms with E-state index >= 15 is 0 Å². The quantitative estimate of drug-likeness (QED) is 0.919. The van der Waals surface area contributed by atoms with Crippen molar-refractivity contribution in [3.63, 3.8) is 0 Å². The largest absolute Gasteiger partial charge is 0.507 e. The number of piperidine rings is 1. The van der Waals surface area contributed by atoms with Gasteiger partial charge in [-0.25, -0.2) is 0 Å². The number of rotatable bonds is 2. The number of halogens is 1. The molecule has 0 atom stereocenters. The van der Waals surface area contributed by atoms with E-state index in [4.69, 9.17) is 4.52 Å². The molecule has 19 heavy (non-hydrogen) atoms. The second-order valence-corrected chi connectivity index (χ2v) is 5.47. The number of anilines is 1. The predicted molar refractivity (Wildman–Crippen MR) is 75.2 cm³/mol. The maximum absolute atomic E-state index is 9.67. The highest BCUT2D eigenvalue weighted by Gasteiger charge is 2.17. The molecule has 0 aliphatic carbocycles. The van der Waals surface area contributed by atoms with Crippen LogP contribution in [0.5, 0.6) is 5.75 Å². The van der Waals surface area contributed by atoms with Crippen molar-refractivity contribution >= 4 is 21.9 Å². The van der Waals surface area contributed by atoms with Gasteiger partial charge in [-0.2, -0.15) is 4.98 Å². The Morgan fingerprint density at radius 2 is 2.00 bits per heavy atom. The molecule has 0 amide bonds. The van der Waals surface area contributed by atoms with Gasteiger partial charge in [0.15, 0.2) is 0 Å². The van der Waals surface area contributed by atoms with Crippen molar-refractivity contribution in [3.05, 3.63) is 22.7 Å². The van der Waals surface area contributed by atoms with Crippen molar-refractivity contribution in [1.82, 2.24) is 10.1 Å². The maximum atomic E-state index is 9.67. The number of phenols is 1. The van der Waals surface area contributed by atoms with E-state index in [0.29, 0.717) is 16.3 Å². The molecule has 1 aromatic heterocycles. The predicted octanol–water partition coefficient (Wildman–Crippen LogP) is 3.20. The van der Waals surface area contributed by atoms with E-state index in [0.717, 1.165) is 18.7 Å². The molecule has 1 fully saturated rings. The molecule has 0 saturated carbocycles. The first kappa shape index (κ1) is 12.5. The minimum atomic E-state index is 0.162. The van der Waals surface area contributed by atoms with Gasteiger partial charge in [-0.15, -0.1) is 0 Å². The lowest BCUT2D eigenvalue weighted by atomic mass is 10.1. The van der Waals surface area contributed by atoms with Crippen molar-refractivity contribution < 1.29 is 9.63 Å². The van der Waals surface area contributed by atoms with Gasteiger partial charge in [0.2, 0.25) is 0 Å². The SMILES string of the molecule is Oc1cc(-c2nc(N3CCCCC3)no2)ccc1Br. The Bertz CT molecular complexity index is 579. The molecule has 1 aliphatic heterocycles. The summed E-state index contributed by atoms with van der Waals surface area (Å²) >= 11 is 3.24. The second kappa shape index (κ2) is 5.21. The molecular weight excluding hydrogens is 310 g/mol. The first-order valence-corrected chi connectivity index (χ1v) is 7.11. The van der Waals surface area contributed by atoms with Crippen molar-refractivity contribution in [2.75, 3.05) is 18.0 Å². The molecule has 1 saturated heterocycles. The van der Waals surface area contributed by atoms with Gasteiger partial charge in [0, 0.05) is 18.7 Å². The Morgan fingerprint density at radius 3 is 2.74 bits per heavy atom. The van der Waals surface area contributed by atoms with Gasteiger partial charge in [0.1, 0.15) is 5.75 Å². The number of aromatic nitrogens is 2. The topological polar surface area (TPSA) is 62.4 Å². The number of hydrogen-bond acceptors (Lipinski definition) is 5. The van der Waals surface area contributed by atoms with Crippen LogP contribution in [0.3, 0.4) is 0 Å². The van der Waals surface area contributed by atoms with E-state index in [1.54, 1.807) is 12.1 Å². The normalized spacial score (nSPS) is 15.7. The molecule has 0 spiro atoms. The van der Waals surface area contributed by atoms with E-state index in [-0.39, 0.29) is 5.75 Å². The summed E-state index contributed by atoms with van der Waals surface area (Å²) in [5.41, 5.74) is 0.719. The van der Waals surface area contributed by atoms with Crippen molar-refractivity contribution in [2.24, 2.45) is 0 Å². The van der Waals surface area contributed by atoms with Crippen molar-refractivity contribution in [2.45, 2.75) is 19.3 Å². The molecule has 0 unspecified atom stereocenters. The zero-order chi connectivity index (χ0) is 13.2. The lowest BCUT2D eigenvalue weighted by molar-refractivity contribution is 0.425. The van der Waals surface area contributed by atoms with Crippen molar-refractivity contribution in [3.8, 4) is 17.2 Å². The summed E-state index contributed by atoms with van der Waals surface area (Å²) in [6, 6.07) is 5.20. The Morgan fingerprint density at radius 1 is 1.21 bits per heavy atom. The van der Waals surface area contributed by atoms with Crippen LogP contribution in [0.4, 0.5) is 5.95 Å². The van der Waals surface area contributed by atoms with Crippen LogP contribution in [-0.4, -0.2) is 28.3 Å². The Kier molecular flexibility index (Phi) is 3.42. The number of phenolic OH excluding ortho intramolecular Hbond substituents is 1. The summed E-state index contributed by atoms with van der Waals surface area (Å²) in [5.74, 6) is 1.23. The molecular formula is C13H14BrN3O2. The van der Waals surface area contributed by atoms with Crippen LogP contribution in [0.2, 0.25) is 0 Å². The first-order valence-electron chi connectivity index (χ1n) is 6.31. The summed E-state index contributed by atoms with van der Waals surface area (Å²) < 4.78 is 5.91. The maximum Gasteiger partial charge on any atom is 0.266 e. The number of benzene rings is 1. The average molecular weight is 324 g/mol. The molecule has 2 heterocycles. The summed E-state index contributed by atoms with van der Waals surface area (Å²) in [4.78, 5) is 6.53. The lowest BCUT2D eigenvalue weighted by Gasteiger charge is -2.24. The molecule has 5 nitrogen and oxygen atoms in total. The number of aromatic hydroxyl groups is 1. The van der Waals surface area contributed by atoms with Gasteiger partial charge in [-0.1, -0.05) is 0 Å². The zero-order valence-corrected chi connectivity index (χ0v) is 11.9. The highest BCUT2D eigenvalue weighted by molar-refractivity contribution is 9.10. The highest BCUT2D eigenvalue weighted by Crippen LogP contribution is 2.30. The summed E-state index contributed by atoms with van der Waals surface area (Å²) in [7, 11) is 0. The van der Waals surface area contributed by atoms with E-state index in [1.165, 1.54) is 19.3 Å². The summed E-state index contributed by atoms with van der Waals surface area (Å²) in [6.45, 7) is 1.95. The van der Waals surface area contributed by atoms with E-state index in [9.17, 15) is 5.11 Å². The van der Waals surface area contributed by atoms with Gasteiger partial charge >= 0.3 is 0 Å². The third-order valence-electron chi connectivity index (χ3n) is 3.25. The molecule has 0 radical (unpaired) electrons. The Labute approximate surface area is 119 Å². The smallest absolute Gasteiger partial charge is 0.266 e. The Hall–Kier alpha value is -1.56. The monoisotopic (exact) mass is 323 g/mol. The average Bonchev–Trinajstić information content (AvgIpc) is 2.93. The van der Waals surface area contributed by atoms with Crippen LogP contribution in [0, 0.1) is 0 Å². The summed E-state index contributed by atoms with van der Waals surface area (Å²) in [5, 5.41) is 13.7. The van der Waals surface area contributed by atoms with Crippen molar-refractivity contribution in [1.29, 1.82) is 0 Å². The van der Waals surface area contributed by atoms with Gasteiger partial charge in [-0.05, 0) is 58.5 Å². The molecule has 6 heteroatoms. The van der Waals surface area contributed by atoms with Crippen LogP contribution in [0.15, 0.2) is 27.2 Å². The fourth-order valence-corrected chi connectivity index (χ4v) is 2.45. The molecule has 0 bridgehead atoms. The standard InChI is InChI=1S/C13H14BrN3O2/c14-10-5-4-9(8-11(10)18)12-15-13(16-19-12)17-6-2-1-3-7-17/h4-5,8,18H,1-3,6-7H2. The molecule has 1 aliphatic rings. The van der Waals surface area contributed by atoms with Gasteiger partial charge in [0.05, 0.1) is 4.47 Å². The molecule has 1 N–H and O–H groups in total. The van der Waals surface area contributed by atoms with Crippen LogP contribution in [0.25, 0.3) is 11.5 Å². The van der Waals surface area contributed by atoms with Gasteiger partial charge in [0.25, 0.3) is 11.8 Å². The molecule has 3 rings (SSSR count).